The molecule has 2 aliphatic rings. The lowest BCUT2D eigenvalue weighted by Gasteiger charge is -2.22. The molecule has 2 amide bonds. The minimum Gasteiger partial charge on any atom is -0.493 e. The van der Waals surface area contributed by atoms with Crippen LogP contribution >= 0.6 is 11.8 Å². The quantitative estimate of drug-likeness (QED) is 0.888. The molecule has 0 spiro atoms. The number of amides is 2. The van der Waals surface area contributed by atoms with Gasteiger partial charge in [0.05, 0.1) is 31.7 Å². The van der Waals surface area contributed by atoms with Crippen molar-refractivity contribution >= 4 is 29.3 Å². The molecule has 1 fully saturated rings. The topological polar surface area (TPSA) is 80.8 Å². The van der Waals surface area contributed by atoms with Crippen LogP contribution in [-0.2, 0) is 4.79 Å². The van der Waals surface area contributed by atoms with Gasteiger partial charge in [-0.15, -0.1) is 11.8 Å². The van der Waals surface area contributed by atoms with Gasteiger partial charge in [-0.05, 0) is 18.2 Å². The maximum atomic E-state index is 13.1. The number of anilines is 1. The van der Waals surface area contributed by atoms with Crippen LogP contribution in [0, 0.1) is 0 Å². The summed E-state index contributed by atoms with van der Waals surface area (Å²) in [6.07, 6.45) is 3.21. The second-order valence-electron chi connectivity index (χ2n) is 5.91. The first kappa shape index (κ1) is 16.7. The number of ether oxygens (including phenoxy) is 2. The van der Waals surface area contributed by atoms with Gasteiger partial charge in [0.1, 0.15) is 11.4 Å². The van der Waals surface area contributed by atoms with Crippen molar-refractivity contribution in [1.82, 2.24) is 9.88 Å². The molecule has 2 aliphatic heterocycles. The maximum absolute atomic E-state index is 13.1. The van der Waals surface area contributed by atoms with Crippen LogP contribution in [0.3, 0.4) is 0 Å². The van der Waals surface area contributed by atoms with Crippen molar-refractivity contribution in [3.63, 3.8) is 0 Å². The molecule has 0 bridgehead atoms. The third-order valence-electron chi connectivity index (χ3n) is 4.52. The number of thioether (sulfide) groups is 1. The molecule has 1 saturated heterocycles. The van der Waals surface area contributed by atoms with E-state index in [2.05, 4.69) is 10.3 Å². The van der Waals surface area contributed by atoms with Crippen molar-refractivity contribution in [1.29, 1.82) is 0 Å². The van der Waals surface area contributed by atoms with Crippen LogP contribution in [0.5, 0.6) is 11.5 Å². The molecule has 0 radical (unpaired) electrons. The molecule has 26 heavy (non-hydrogen) atoms. The molecule has 1 aromatic carbocycles. The number of fused-ring (bicyclic) bond motifs is 3. The maximum Gasteiger partial charge on any atom is 0.260 e. The van der Waals surface area contributed by atoms with E-state index >= 15 is 0 Å². The van der Waals surface area contributed by atoms with Gasteiger partial charge in [0.25, 0.3) is 5.91 Å². The minimum atomic E-state index is -0.555. The highest BCUT2D eigenvalue weighted by atomic mass is 32.2. The van der Waals surface area contributed by atoms with E-state index in [0.717, 1.165) is 5.56 Å². The van der Waals surface area contributed by atoms with Crippen molar-refractivity contribution in [2.45, 2.75) is 11.4 Å². The Kier molecular flexibility index (Phi) is 4.20. The smallest absolute Gasteiger partial charge is 0.260 e. The molecular formula is C18H17N3O4S. The van der Waals surface area contributed by atoms with E-state index < -0.39 is 6.04 Å². The number of pyridine rings is 1. The Balaban J connectivity index is 1.64. The Bertz CT molecular complexity index is 874. The number of rotatable bonds is 4. The Labute approximate surface area is 154 Å². The van der Waals surface area contributed by atoms with Gasteiger partial charge in [0.2, 0.25) is 5.91 Å². The van der Waals surface area contributed by atoms with Crippen LogP contribution in [-0.4, -0.2) is 47.7 Å². The average molecular weight is 371 g/mol. The minimum absolute atomic E-state index is 0.193. The summed E-state index contributed by atoms with van der Waals surface area (Å²) in [5, 5.41) is 2.64. The van der Waals surface area contributed by atoms with Gasteiger partial charge in [0, 0.05) is 17.5 Å². The second kappa shape index (κ2) is 6.53. The van der Waals surface area contributed by atoms with Crippen molar-refractivity contribution < 1.29 is 19.1 Å². The predicted molar refractivity (Wildman–Crippen MR) is 97.6 cm³/mol. The molecule has 0 aliphatic carbocycles. The zero-order valence-corrected chi connectivity index (χ0v) is 15.1. The highest BCUT2D eigenvalue weighted by molar-refractivity contribution is 7.99. The van der Waals surface area contributed by atoms with E-state index in [9.17, 15) is 9.59 Å². The van der Waals surface area contributed by atoms with Crippen molar-refractivity contribution in [3.8, 4) is 11.5 Å². The van der Waals surface area contributed by atoms with E-state index in [4.69, 9.17) is 9.47 Å². The molecule has 1 N–H and O–H groups in total. The molecule has 134 valence electrons. The number of hydrogen-bond donors (Lipinski definition) is 1. The van der Waals surface area contributed by atoms with Gasteiger partial charge in [-0.3, -0.25) is 14.6 Å². The number of methoxy groups -OCH3 is 2. The Morgan fingerprint density at radius 1 is 1.31 bits per heavy atom. The van der Waals surface area contributed by atoms with Gasteiger partial charge in [-0.2, -0.15) is 0 Å². The van der Waals surface area contributed by atoms with Gasteiger partial charge in [-0.25, -0.2) is 0 Å². The van der Waals surface area contributed by atoms with Crippen LogP contribution in [0.15, 0.2) is 36.7 Å². The molecule has 8 heteroatoms. The fourth-order valence-corrected chi connectivity index (χ4v) is 4.81. The van der Waals surface area contributed by atoms with Crippen molar-refractivity contribution in [3.05, 3.63) is 47.8 Å². The zero-order chi connectivity index (χ0) is 18.3. The average Bonchev–Trinajstić information content (AvgIpc) is 3.22. The summed E-state index contributed by atoms with van der Waals surface area (Å²) in [4.78, 5) is 31.4. The Hall–Kier alpha value is -2.74. The third-order valence-corrected chi connectivity index (χ3v) is 5.83. The number of aromatic nitrogens is 1. The molecule has 3 heterocycles. The van der Waals surface area contributed by atoms with E-state index in [0.29, 0.717) is 28.5 Å². The summed E-state index contributed by atoms with van der Waals surface area (Å²) in [5.41, 5.74) is 1.94. The fraction of sp³-hybridized carbons (Fsp3) is 0.278. The zero-order valence-electron chi connectivity index (χ0n) is 14.3. The predicted octanol–water partition coefficient (Wildman–Crippen LogP) is 2.31. The van der Waals surface area contributed by atoms with Crippen LogP contribution in [0.1, 0.15) is 21.3 Å². The standard InChI is InChI=1S/C18H17N3O4S/c1-24-13-6-5-11-14(15(13)25-2)17(23)21-12(9-26-18(11)21)16(22)20-10-4-3-7-19-8-10/h3-8,12,18H,9H2,1-2H3,(H,20,22)/t12-,18-/m1/s1. The molecule has 0 saturated carbocycles. The number of nitrogens with zero attached hydrogens (tertiary/aromatic N) is 2. The number of nitrogens with one attached hydrogen (secondary N) is 1. The summed E-state index contributed by atoms with van der Waals surface area (Å²) in [6.45, 7) is 0. The summed E-state index contributed by atoms with van der Waals surface area (Å²) in [7, 11) is 3.04. The Morgan fingerprint density at radius 3 is 2.85 bits per heavy atom. The SMILES string of the molecule is COc1ccc2c(c1OC)C(=O)N1[C@@H](C(=O)Nc3cccnc3)CS[C@H]21. The van der Waals surface area contributed by atoms with Crippen LogP contribution < -0.4 is 14.8 Å². The largest absolute Gasteiger partial charge is 0.493 e. The number of carbonyl (C=O) groups is 2. The van der Waals surface area contributed by atoms with Crippen LogP contribution in [0.4, 0.5) is 5.69 Å². The Morgan fingerprint density at radius 2 is 2.15 bits per heavy atom. The molecular weight excluding hydrogens is 354 g/mol. The lowest BCUT2D eigenvalue weighted by Crippen LogP contribution is -2.42. The van der Waals surface area contributed by atoms with Gasteiger partial charge >= 0.3 is 0 Å². The van der Waals surface area contributed by atoms with Crippen molar-refractivity contribution in [2.24, 2.45) is 0 Å². The van der Waals surface area contributed by atoms with E-state index in [1.54, 1.807) is 47.3 Å². The van der Waals surface area contributed by atoms with E-state index in [1.807, 2.05) is 6.07 Å². The first-order valence-electron chi connectivity index (χ1n) is 8.05. The van der Waals surface area contributed by atoms with Crippen molar-refractivity contribution in [2.75, 3.05) is 25.3 Å². The third kappa shape index (κ3) is 2.48. The van der Waals surface area contributed by atoms with Gasteiger partial charge in [0.15, 0.2) is 11.5 Å². The lowest BCUT2D eigenvalue weighted by molar-refractivity contribution is -0.119. The molecule has 2 atom stereocenters. The molecule has 0 unspecified atom stereocenters. The van der Waals surface area contributed by atoms with Gasteiger partial charge < -0.3 is 19.7 Å². The summed E-state index contributed by atoms with van der Waals surface area (Å²) < 4.78 is 10.7. The summed E-state index contributed by atoms with van der Waals surface area (Å²) in [5.74, 6) is 1.02. The summed E-state index contributed by atoms with van der Waals surface area (Å²) in [6, 6.07) is 6.61. The first-order chi connectivity index (χ1) is 12.7. The monoisotopic (exact) mass is 371 g/mol. The molecule has 7 nitrogen and oxygen atoms in total. The lowest BCUT2D eigenvalue weighted by atomic mass is 10.1. The normalized spacial score (nSPS) is 20.5. The number of hydrogen-bond acceptors (Lipinski definition) is 6. The number of benzene rings is 1. The van der Waals surface area contributed by atoms with Crippen LogP contribution in [0.2, 0.25) is 0 Å². The summed E-state index contributed by atoms with van der Waals surface area (Å²) >= 11 is 1.57. The molecule has 1 aromatic heterocycles. The van der Waals surface area contributed by atoms with Crippen LogP contribution in [0.25, 0.3) is 0 Å². The molecule has 4 rings (SSSR count). The van der Waals surface area contributed by atoms with Gasteiger partial charge in [-0.1, -0.05) is 6.07 Å². The molecule has 2 aromatic rings. The fourth-order valence-electron chi connectivity index (χ4n) is 3.36. The second-order valence-corrected chi connectivity index (χ2v) is 7.02. The first-order valence-corrected chi connectivity index (χ1v) is 9.10. The van der Waals surface area contributed by atoms with E-state index in [-0.39, 0.29) is 17.2 Å². The highest BCUT2D eigenvalue weighted by Crippen LogP contribution is 2.52. The highest BCUT2D eigenvalue weighted by Gasteiger charge is 2.50. The number of carbonyl (C=O) groups excluding carboxylic acids is 2. The van der Waals surface area contributed by atoms with E-state index in [1.165, 1.54) is 14.2 Å².